The lowest BCUT2D eigenvalue weighted by molar-refractivity contribution is -0.137. The molecular formula is C20H23ClF3N3O. The standard InChI is InChI=1S/C20H22F3N3O.ClH/c1-13-9-14(11-24)12-26(13)19(27)17-7-2-3-8-18(17)25-16-6-4-5-15(10-16)20(21,22)23;/h2-8,10,13-14,25H,9,11-12,24H2,1H3;1H. The van der Waals surface area contributed by atoms with Crippen LogP contribution >= 0.6 is 12.4 Å². The Morgan fingerprint density at radius 2 is 1.93 bits per heavy atom. The van der Waals surface area contributed by atoms with Gasteiger partial charge in [-0.2, -0.15) is 13.2 Å². The van der Waals surface area contributed by atoms with Crippen LogP contribution in [0.5, 0.6) is 0 Å². The monoisotopic (exact) mass is 413 g/mol. The first-order valence-corrected chi connectivity index (χ1v) is 8.84. The molecule has 1 heterocycles. The fourth-order valence-electron chi connectivity index (χ4n) is 3.46. The van der Waals surface area contributed by atoms with E-state index in [1.807, 2.05) is 6.92 Å². The smallest absolute Gasteiger partial charge is 0.355 e. The number of likely N-dealkylation sites (tertiary alicyclic amines) is 1. The average molecular weight is 414 g/mol. The largest absolute Gasteiger partial charge is 0.416 e. The number of benzene rings is 2. The minimum Gasteiger partial charge on any atom is -0.355 e. The number of para-hydroxylation sites is 1. The van der Waals surface area contributed by atoms with E-state index in [-0.39, 0.29) is 36.0 Å². The second-order valence-corrected chi connectivity index (χ2v) is 6.89. The molecule has 3 rings (SSSR count). The van der Waals surface area contributed by atoms with Crippen LogP contribution in [0, 0.1) is 5.92 Å². The summed E-state index contributed by atoms with van der Waals surface area (Å²) in [5.74, 6) is 0.126. The average Bonchev–Trinajstić information content (AvgIpc) is 3.02. The lowest BCUT2D eigenvalue weighted by Crippen LogP contribution is -2.34. The molecule has 0 saturated carbocycles. The zero-order chi connectivity index (χ0) is 19.6. The maximum Gasteiger partial charge on any atom is 0.416 e. The molecule has 2 aromatic carbocycles. The highest BCUT2D eigenvalue weighted by atomic mass is 35.5. The summed E-state index contributed by atoms with van der Waals surface area (Å²) in [5, 5.41) is 2.96. The third-order valence-corrected chi connectivity index (χ3v) is 4.88. The van der Waals surface area contributed by atoms with Crippen LogP contribution in [-0.2, 0) is 6.18 Å². The molecule has 0 aliphatic carbocycles. The highest BCUT2D eigenvalue weighted by molar-refractivity contribution is 6.00. The Morgan fingerprint density at radius 3 is 2.57 bits per heavy atom. The molecule has 28 heavy (non-hydrogen) atoms. The molecule has 152 valence electrons. The number of nitrogens with zero attached hydrogens (tertiary/aromatic N) is 1. The molecule has 0 radical (unpaired) electrons. The van der Waals surface area contributed by atoms with Gasteiger partial charge in [-0.25, -0.2) is 0 Å². The Balaban J connectivity index is 0.00000280. The number of alkyl halides is 3. The quantitative estimate of drug-likeness (QED) is 0.765. The zero-order valence-corrected chi connectivity index (χ0v) is 16.2. The second-order valence-electron chi connectivity index (χ2n) is 6.89. The van der Waals surface area contributed by atoms with E-state index in [0.29, 0.717) is 24.3 Å². The predicted octanol–water partition coefficient (Wildman–Crippen LogP) is 4.68. The van der Waals surface area contributed by atoms with E-state index in [1.54, 1.807) is 35.2 Å². The van der Waals surface area contributed by atoms with Crippen molar-refractivity contribution in [1.82, 2.24) is 4.90 Å². The number of carbonyl (C=O) groups is 1. The summed E-state index contributed by atoms with van der Waals surface area (Å²) in [6.07, 6.45) is -3.57. The molecule has 2 aromatic rings. The molecule has 1 saturated heterocycles. The predicted molar refractivity (Wildman–Crippen MR) is 106 cm³/mol. The van der Waals surface area contributed by atoms with Gasteiger partial charge in [0.05, 0.1) is 16.8 Å². The van der Waals surface area contributed by atoms with E-state index >= 15 is 0 Å². The second kappa shape index (κ2) is 8.84. The summed E-state index contributed by atoms with van der Waals surface area (Å²) in [4.78, 5) is 14.8. The van der Waals surface area contributed by atoms with Crippen molar-refractivity contribution in [2.75, 3.05) is 18.4 Å². The molecule has 2 atom stereocenters. The Bertz CT molecular complexity index is 828. The summed E-state index contributed by atoms with van der Waals surface area (Å²) in [5.41, 5.74) is 6.18. The van der Waals surface area contributed by atoms with E-state index in [9.17, 15) is 18.0 Å². The van der Waals surface area contributed by atoms with Crippen molar-refractivity contribution in [1.29, 1.82) is 0 Å². The van der Waals surface area contributed by atoms with Crippen molar-refractivity contribution in [3.63, 3.8) is 0 Å². The van der Waals surface area contributed by atoms with Gasteiger partial charge < -0.3 is 16.0 Å². The Kier molecular flexibility index (Phi) is 6.96. The van der Waals surface area contributed by atoms with Crippen LogP contribution in [0.15, 0.2) is 48.5 Å². The zero-order valence-electron chi connectivity index (χ0n) is 15.4. The van der Waals surface area contributed by atoms with Crippen molar-refractivity contribution in [3.8, 4) is 0 Å². The molecule has 0 spiro atoms. The molecule has 0 aromatic heterocycles. The van der Waals surface area contributed by atoms with Crippen molar-refractivity contribution < 1.29 is 18.0 Å². The number of anilines is 2. The van der Waals surface area contributed by atoms with E-state index in [1.165, 1.54) is 6.07 Å². The number of halogens is 4. The summed E-state index contributed by atoms with van der Waals surface area (Å²) in [6, 6.07) is 11.9. The first kappa shape index (κ1) is 22.0. The molecule has 4 nitrogen and oxygen atoms in total. The van der Waals surface area contributed by atoms with Gasteiger partial charge in [-0.15, -0.1) is 12.4 Å². The number of amides is 1. The molecule has 3 N–H and O–H groups in total. The fourth-order valence-corrected chi connectivity index (χ4v) is 3.46. The van der Waals surface area contributed by atoms with Crippen LogP contribution in [0.25, 0.3) is 0 Å². The first-order chi connectivity index (χ1) is 12.8. The van der Waals surface area contributed by atoms with Crippen LogP contribution < -0.4 is 11.1 Å². The maximum absolute atomic E-state index is 13.0. The fraction of sp³-hybridized carbons (Fsp3) is 0.350. The Hall–Kier alpha value is -2.25. The number of rotatable bonds is 4. The highest BCUT2D eigenvalue weighted by Crippen LogP contribution is 2.32. The lowest BCUT2D eigenvalue weighted by atomic mass is 10.1. The number of hydrogen-bond donors (Lipinski definition) is 2. The summed E-state index contributed by atoms with van der Waals surface area (Å²) in [6.45, 7) is 3.10. The van der Waals surface area contributed by atoms with Crippen LogP contribution in [0.3, 0.4) is 0 Å². The third-order valence-electron chi connectivity index (χ3n) is 4.88. The third kappa shape index (κ3) is 4.77. The number of nitrogens with two attached hydrogens (primary N) is 1. The van der Waals surface area contributed by atoms with Crippen molar-refractivity contribution in [3.05, 3.63) is 59.7 Å². The topological polar surface area (TPSA) is 58.4 Å². The maximum atomic E-state index is 13.0. The van der Waals surface area contributed by atoms with Crippen LogP contribution in [0.1, 0.15) is 29.3 Å². The molecule has 1 aliphatic heterocycles. The first-order valence-electron chi connectivity index (χ1n) is 8.84. The molecular weight excluding hydrogens is 391 g/mol. The van der Waals surface area contributed by atoms with Crippen LogP contribution in [0.2, 0.25) is 0 Å². The van der Waals surface area contributed by atoms with Gasteiger partial charge in [-0.05, 0) is 56.1 Å². The van der Waals surface area contributed by atoms with Gasteiger partial charge in [0, 0.05) is 18.3 Å². The minimum atomic E-state index is -4.42. The number of nitrogens with one attached hydrogen (secondary N) is 1. The van der Waals surface area contributed by atoms with Crippen molar-refractivity contribution in [2.24, 2.45) is 11.7 Å². The number of carbonyl (C=O) groups excluding carboxylic acids is 1. The van der Waals surface area contributed by atoms with Crippen molar-refractivity contribution in [2.45, 2.75) is 25.6 Å². The van der Waals surface area contributed by atoms with Gasteiger partial charge in [0.25, 0.3) is 5.91 Å². The Morgan fingerprint density at radius 1 is 1.21 bits per heavy atom. The van der Waals surface area contributed by atoms with E-state index < -0.39 is 11.7 Å². The molecule has 8 heteroatoms. The van der Waals surface area contributed by atoms with Gasteiger partial charge >= 0.3 is 6.18 Å². The number of hydrogen-bond acceptors (Lipinski definition) is 3. The molecule has 1 fully saturated rings. The van der Waals surface area contributed by atoms with E-state index in [4.69, 9.17) is 5.73 Å². The SMILES string of the molecule is CC1CC(CN)CN1C(=O)c1ccccc1Nc1cccc(C(F)(F)F)c1.Cl. The van der Waals surface area contributed by atoms with E-state index in [0.717, 1.165) is 18.6 Å². The molecule has 1 amide bonds. The van der Waals surface area contributed by atoms with Gasteiger partial charge in [0.2, 0.25) is 0 Å². The van der Waals surface area contributed by atoms with Crippen molar-refractivity contribution >= 4 is 29.7 Å². The highest BCUT2D eigenvalue weighted by Gasteiger charge is 2.33. The minimum absolute atomic E-state index is 0. The van der Waals surface area contributed by atoms with Gasteiger partial charge in [-0.3, -0.25) is 4.79 Å². The lowest BCUT2D eigenvalue weighted by Gasteiger charge is -2.23. The normalized spacial score (nSPS) is 19.2. The molecule has 1 aliphatic rings. The Labute approximate surface area is 168 Å². The van der Waals surface area contributed by atoms with Crippen LogP contribution in [-0.4, -0.2) is 29.9 Å². The summed E-state index contributed by atoms with van der Waals surface area (Å²) >= 11 is 0. The van der Waals surface area contributed by atoms with E-state index in [2.05, 4.69) is 5.32 Å². The van der Waals surface area contributed by atoms with Gasteiger partial charge in [0.1, 0.15) is 0 Å². The summed E-state index contributed by atoms with van der Waals surface area (Å²) < 4.78 is 38.8. The van der Waals surface area contributed by atoms with Gasteiger partial charge in [-0.1, -0.05) is 18.2 Å². The van der Waals surface area contributed by atoms with Crippen LogP contribution in [0.4, 0.5) is 24.5 Å². The molecule has 2 unspecified atom stereocenters. The molecule has 0 bridgehead atoms. The van der Waals surface area contributed by atoms with Gasteiger partial charge in [0.15, 0.2) is 0 Å². The summed E-state index contributed by atoms with van der Waals surface area (Å²) in [7, 11) is 0.